The van der Waals surface area contributed by atoms with E-state index in [9.17, 15) is 31.1 Å². The second kappa shape index (κ2) is 4.63. The third-order valence-corrected chi connectivity index (χ3v) is 2.20. The molecule has 2 N–H and O–H groups in total. The Morgan fingerprint density at radius 3 is 1.63 bits per heavy atom. The van der Waals surface area contributed by atoms with E-state index in [0.717, 1.165) is 7.11 Å². The summed E-state index contributed by atoms with van der Waals surface area (Å²) in [4.78, 5) is 10.9. The van der Waals surface area contributed by atoms with Gasteiger partial charge in [-0.25, -0.2) is 0 Å². The molecule has 0 spiro atoms. The number of ether oxygens (including phenoxy) is 1. The van der Waals surface area contributed by atoms with E-state index >= 15 is 0 Å². The number of primary amides is 1. The van der Waals surface area contributed by atoms with Crippen LogP contribution in [0, 0.1) is 0 Å². The summed E-state index contributed by atoms with van der Waals surface area (Å²) < 4.78 is 80.3. The van der Waals surface area contributed by atoms with Gasteiger partial charge in [0.25, 0.3) is 0 Å². The van der Waals surface area contributed by atoms with Crippen molar-refractivity contribution < 1.29 is 35.9 Å². The van der Waals surface area contributed by atoms with Crippen LogP contribution in [-0.2, 0) is 12.4 Å². The Kier molecular flexibility index (Phi) is 3.69. The maximum absolute atomic E-state index is 12.7. The zero-order chi connectivity index (χ0) is 15.0. The van der Waals surface area contributed by atoms with Gasteiger partial charge in [0.1, 0.15) is 5.75 Å². The smallest absolute Gasteiger partial charge is 0.417 e. The minimum absolute atomic E-state index is 0.287. The molecular formula is C10H7F6NO2. The van der Waals surface area contributed by atoms with Crippen LogP contribution in [0.1, 0.15) is 21.5 Å². The SMILES string of the molecule is COc1cc(C(F)(F)F)c(C(N)=O)c(C(F)(F)F)c1. The van der Waals surface area contributed by atoms with Crippen LogP contribution in [0.5, 0.6) is 5.75 Å². The number of hydrogen-bond acceptors (Lipinski definition) is 2. The molecule has 0 unspecified atom stereocenters. The highest BCUT2D eigenvalue weighted by molar-refractivity contribution is 5.96. The molecule has 0 heterocycles. The average molecular weight is 287 g/mol. The van der Waals surface area contributed by atoms with Crippen LogP contribution in [0.15, 0.2) is 12.1 Å². The highest BCUT2D eigenvalue weighted by Crippen LogP contribution is 2.41. The van der Waals surface area contributed by atoms with E-state index < -0.39 is 40.7 Å². The molecule has 0 aliphatic heterocycles. The molecule has 0 atom stereocenters. The fraction of sp³-hybridized carbons (Fsp3) is 0.300. The number of amides is 1. The molecule has 19 heavy (non-hydrogen) atoms. The van der Waals surface area contributed by atoms with E-state index in [-0.39, 0.29) is 12.1 Å². The highest BCUT2D eigenvalue weighted by Gasteiger charge is 2.43. The summed E-state index contributed by atoms with van der Waals surface area (Å²) >= 11 is 0. The molecule has 1 aromatic rings. The van der Waals surface area contributed by atoms with Crippen molar-refractivity contribution in [3.05, 3.63) is 28.8 Å². The molecule has 0 saturated heterocycles. The molecule has 0 bridgehead atoms. The lowest BCUT2D eigenvalue weighted by Crippen LogP contribution is -2.24. The molecule has 3 nitrogen and oxygen atoms in total. The molecule has 106 valence electrons. The van der Waals surface area contributed by atoms with Gasteiger partial charge in [0.15, 0.2) is 0 Å². The van der Waals surface area contributed by atoms with Crippen LogP contribution < -0.4 is 10.5 Å². The Labute approximate surface area is 102 Å². The third kappa shape index (κ3) is 3.09. The Morgan fingerprint density at radius 1 is 1.05 bits per heavy atom. The minimum Gasteiger partial charge on any atom is -0.497 e. The number of halogens is 6. The molecule has 0 aliphatic rings. The second-order valence-electron chi connectivity index (χ2n) is 3.46. The van der Waals surface area contributed by atoms with Gasteiger partial charge < -0.3 is 10.5 Å². The summed E-state index contributed by atoms with van der Waals surface area (Å²) in [5, 5.41) is 0. The Bertz CT molecular complexity index is 471. The second-order valence-corrected chi connectivity index (χ2v) is 3.46. The van der Waals surface area contributed by atoms with Gasteiger partial charge in [-0.05, 0) is 12.1 Å². The van der Waals surface area contributed by atoms with Crippen LogP contribution in [0.2, 0.25) is 0 Å². The van der Waals surface area contributed by atoms with E-state index in [1.54, 1.807) is 0 Å². The topological polar surface area (TPSA) is 52.3 Å². The fourth-order valence-electron chi connectivity index (χ4n) is 1.45. The summed E-state index contributed by atoms with van der Waals surface area (Å²) in [5.74, 6) is -2.49. The summed E-state index contributed by atoms with van der Waals surface area (Å²) in [6.07, 6.45) is -10.3. The van der Waals surface area contributed by atoms with Crippen molar-refractivity contribution in [3.8, 4) is 5.75 Å². The monoisotopic (exact) mass is 287 g/mol. The number of rotatable bonds is 2. The Balaban J connectivity index is 3.76. The lowest BCUT2D eigenvalue weighted by molar-refractivity contribution is -0.143. The lowest BCUT2D eigenvalue weighted by Gasteiger charge is -2.18. The number of methoxy groups -OCH3 is 1. The van der Waals surface area contributed by atoms with E-state index in [1.165, 1.54) is 0 Å². The van der Waals surface area contributed by atoms with Crippen molar-refractivity contribution in [1.82, 2.24) is 0 Å². The Morgan fingerprint density at radius 2 is 1.42 bits per heavy atom. The number of carbonyl (C=O) groups is 1. The van der Waals surface area contributed by atoms with E-state index in [1.807, 2.05) is 0 Å². The molecule has 0 saturated carbocycles. The Hall–Kier alpha value is -1.93. The van der Waals surface area contributed by atoms with Crippen molar-refractivity contribution in [2.75, 3.05) is 7.11 Å². The van der Waals surface area contributed by atoms with Gasteiger partial charge in [0, 0.05) is 0 Å². The van der Waals surface area contributed by atoms with Crippen molar-refractivity contribution in [2.24, 2.45) is 5.73 Å². The molecule has 1 aromatic carbocycles. The van der Waals surface area contributed by atoms with Gasteiger partial charge in [0.2, 0.25) is 5.91 Å². The van der Waals surface area contributed by atoms with Crippen molar-refractivity contribution in [2.45, 2.75) is 12.4 Å². The van der Waals surface area contributed by atoms with Gasteiger partial charge in [-0.3, -0.25) is 4.79 Å². The van der Waals surface area contributed by atoms with Crippen molar-refractivity contribution in [3.63, 3.8) is 0 Å². The van der Waals surface area contributed by atoms with Gasteiger partial charge in [-0.1, -0.05) is 0 Å². The fourth-order valence-corrected chi connectivity index (χ4v) is 1.45. The summed E-state index contributed by atoms with van der Waals surface area (Å²) in [6, 6.07) is 0.574. The minimum atomic E-state index is -5.17. The van der Waals surface area contributed by atoms with Gasteiger partial charge in [0.05, 0.1) is 23.8 Å². The summed E-state index contributed by atoms with van der Waals surface area (Å²) in [7, 11) is 0.902. The quantitative estimate of drug-likeness (QED) is 0.850. The number of hydrogen-bond donors (Lipinski definition) is 1. The first-order chi connectivity index (χ1) is 8.48. The molecular weight excluding hydrogens is 280 g/mol. The zero-order valence-corrected chi connectivity index (χ0v) is 9.32. The standard InChI is InChI=1S/C10H7F6NO2/c1-19-4-2-5(9(11,12)13)7(8(17)18)6(3-4)10(14,15)16/h2-3H,1H3,(H2,17,18). The first-order valence-corrected chi connectivity index (χ1v) is 4.64. The van der Waals surface area contributed by atoms with Gasteiger partial charge in [-0.2, -0.15) is 26.3 Å². The first-order valence-electron chi connectivity index (χ1n) is 4.64. The molecule has 0 aliphatic carbocycles. The van der Waals surface area contributed by atoms with Crippen LogP contribution in [0.25, 0.3) is 0 Å². The maximum Gasteiger partial charge on any atom is 0.417 e. The van der Waals surface area contributed by atoms with Gasteiger partial charge >= 0.3 is 12.4 Å². The molecule has 9 heteroatoms. The van der Waals surface area contributed by atoms with Crippen molar-refractivity contribution in [1.29, 1.82) is 0 Å². The zero-order valence-electron chi connectivity index (χ0n) is 9.32. The van der Waals surface area contributed by atoms with E-state index in [2.05, 4.69) is 10.5 Å². The normalized spacial score (nSPS) is 12.4. The highest BCUT2D eigenvalue weighted by atomic mass is 19.4. The summed E-state index contributed by atoms with van der Waals surface area (Å²) in [5.41, 5.74) is -0.575. The largest absolute Gasteiger partial charge is 0.497 e. The predicted octanol–water partition coefficient (Wildman–Crippen LogP) is 2.83. The van der Waals surface area contributed by atoms with E-state index in [0.29, 0.717) is 0 Å². The number of alkyl halides is 6. The molecule has 0 radical (unpaired) electrons. The van der Waals surface area contributed by atoms with Gasteiger partial charge in [-0.15, -0.1) is 0 Å². The lowest BCUT2D eigenvalue weighted by atomic mass is 9.98. The molecule has 0 aromatic heterocycles. The van der Waals surface area contributed by atoms with Crippen LogP contribution in [0.3, 0.4) is 0 Å². The number of carbonyl (C=O) groups excluding carboxylic acids is 1. The predicted molar refractivity (Wildman–Crippen MR) is 51.5 cm³/mol. The first kappa shape index (κ1) is 15.1. The molecule has 1 rings (SSSR count). The average Bonchev–Trinajstić information content (AvgIpc) is 2.24. The number of benzene rings is 1. The van der Waals surface area contributed by atoms with Crippen LogP contribution in [0.4, 0.5) is 26.3 Å². The molecule has 1 amide bonds. The maximum atomic E-state index is 12.7. The third-order valence-electron chi connectivity index (χ3n) is 2.20. The van der Waals surface area contributed by atoms with Crippen LogP contribution >= 0.6 is 0 Å². The van der Waals surface area contributed by atoms with E-state index in [4.69, 9.17) is 0 Å². The van der Waals surface area contributed by atoms with Crippen LogP contribution in [-0.4, -0.2) is 13.0 Å². The number of nitrogens with two attached hydrogens (primary N) is 1. The molecule has 0 fully saturated rings. The van der Waals surface area contributed by atoms with Crippen molar-refractivity contribution >= 4 is 5.91 Å². The summed E-state index contributed by atoms with van der Waals surface area (Å²) in [6.45, 7) is 0.